The van der Waals surface area contributed by atoms with E-state index in [9.17, 15) is 39.1 Å². The van der Waals surface area contributed by atoms with Crippen LogP contribution in [0.3, 0.4) is 0 Å². The van der Waals surface area contributed by atoms with E-state index in [2.05, 4.69) is 16.0 Å². The molecule has 0 fully saturated rings. The topological polar surface area (TPSA) is 221 Å². The molecule has 3 unspecified atom stereocenters. The highest BCUT2D eigenvalue weighted by molar-refractivity contribution is 6.62. The summed E-state index contributed by atoms with van der Waals surface area (Å²) in [6.07, 6.45) is -2.99. The van der Waals surface area contributed by atoms with Crippen molar-refractivity contribution in [3.05, 3.63) is 94.5 Å². The zero-order chi connectivity index (χ0) is 33.0. The minimum absolute atomic E-state index is 0.00617. The summed E-state index contributed by atoms with van der Waals surface area (Å²) < 4.78 is 10.8. The Morgan fingerprint density at radius 1 is 0.739 bits per heavy atom. The maximum absolute atomic E-state index is 13.2. The molecule has 3 atom stereocenters. The molecule has 5 rings (SSSR count). The van der Waals surface area contributed by atoms with Crippen molar-refractivity contribution in [2.75, 3.05) is 0 Å². The molecule has 0 aliphatic carbocycles. The number of carboxylic acids is 2. The van der Waals surface area contributed by atoms with Crippen LogP contribution in [0.25, 0.3) is 0 Å². The van der Waals surface area contributed by atoms with Crippen molar-refractivity contribution in [3.63, 3.8) is 0 Å². The number of aliphatic carboxylic acids is 2. The van der Waals surface area contributed by atoms with E-state index in [0.29, 0.717) is 33.2 Å². The Bertz CT molecular complexity index is 1590. The molecule has 3 amide bonds. The van der Waals surface area contributed by atoms with Crippen molar-refractivity contribution in [2.45, 2.75) is 44.2 Å². The van der Waals surface area contributed by atoms with E-state index >= 15 is 0 Å². The lowest BCUT2D eigenvalue weighted by Crippen LogP contribution is -2.41. The fraction of sp³-hybridized carbons (Fsp3) is 0.233. The highest BCUT2D eigenvalue weighted by atomic mass is 16.5. The van der Waals surface area contributed by atoms with Crippen LogP contribution in [0.5, 0.6) is 0 Å². The molecular weight excluding hydrogens is 600 g/mol. The van der Waals surface area contributed by atoms with E-state index in [4.69, 9.17) is 14.4 Å². The molecule has 2 aliphatic heterocycles. The van der Waals surface area contributed by atoms with Gasteiger partial charge in [0, 0.05) is 25.1 Å². The lowest BCUT2D eigenvalue weighted by atomic mass is 9.79. The number of hydrogen-bond donors (Lipinski definition) is 7. The summed E-state index contributed by atoms with van der Waals surface area (Å²) in [4.78, 5) is 61.9. The Morgan fingerprint density at radius 3 is 1.67 bits per heavy atom. The van der Waals surface area contributed by atoms with Gasteiger partial charge in [0.25, 0.3) is 17.7 Å². The molecule has 14 nitrogen and oxygen atoms in total. The first-order chi connectivity index (χ1) is 22.0. The predicted octanol–water partition coefficient (Wildman–Crippen LogP) is -1.12. The number of hydrogen-bond acceptors (Lipinski definition) is 9. The second-order valence-electron chi connectivity index (χ2n) is 10.8. The fourth-order valence-corrected chi connectivity index (χ4v) is 5.33. The largest absolute Gasteiger partial charge is 0.492 e. The van der Waals surface area contributed by atoms with E-state index in [0.717, 1.165) is 0 Å². The van der Waals surface area contributed by atoms with Gasteiger partial charge in [0.05, 0.1) is 0 Å². The number of nitrogens with one attached hydrogen (secondary N) is 3. The molecule has 0 saturated heterocycles. The van der Waals surface area contributed by atoms with Gasteiger partial charge in [-0.25, -0.2) is 4.79 Å². The van der Waals surface area contributed by atoms with Gasteiger partial charge < -0.3 is 45.5 Å². The van der Waals surface area contributed by atoms with Gasteiger partial charge in [-0.3, -0.25) is 19.2 Å². The van der Waals surface area contributed by atoms with Crippen molar-refractivity contribution >= 4 is 54.8 Å². The van der Waals surface area contributed by atoms with Crippen LogP contribution in [0.15, 0.2) is 66.7 Å². The standard InChI is InChI=1S/C30H29B2N3O11/c36-24(37)10-9-23(30(41)42)35-27(38)18-12-16(14-33-28(39)25-19-5-1-3-7-21(19)31(43)45-25)11-17(13-18)15-34-29(40)26-20-6-2-4-8-22(20)32(44)46-26/h1-8,11-13,23,25-26,43-44H,9-10,14-15H2,(H,33,39)(H,34,40)(H,35,38)(H,36,37)(H,41,42). The van der Waals surface area contributed by atoms with Crippen molar-refractivity contribution in [3.8, 4) is 0 Å². The second kappa shape index (κ2) is 14.0. The summed E-state index contributed by atoms with van der Waals surface area (Å²) in [7, 11) is -2.54. The molecule has 2 heterocycles. The summed E-state index contributed by atoms with van der Waals surface area (Å²) >= 11 is 0. The van der Waals surface area contributed by atoms with Gasteiger partial charge in [-0.05, 0) is 51.7 Å². The number of carboxylic acid groups (broad SMARTS) is 2. The van der Waals surface area contributed by atoms with Gasteiger partial charge in [0.2, 0.25) is 0 Å². The third-order valence-corrected chi connectivity index (χ3v) is 7.59. The van der Waals surface area contributed by atoms with Gasteiger partial charge in [-0.2, -0.15) is 0 Å². The molecule has 3 aromatic rings. The summed E-state index contributed by atoms with van der Waals surface area (Å²) in [6.45, 7) is -0.211. The Balaban J connectivity index is 1.33. The Labute approximate surface area is 263 Å². The Kier molecular flexibility index (Phi) is 9.82. The summed E-state index contributed by atoms with van der Waals surface area (Å²) in [5.41, 5.74) is 2.76. The van der Waals surface area contributed by atoms with Gasteiger partial charge in [-0.1, -0.05) is 54.6 Å². The first kappa shape index (κ1) is 32.4. The minimum atomic E-state index is -1.48. The van der Waals surface area contributed by atoms with E-state index < -0.39 is 68.6 Å². The van der Waals surface area contributed by atoms with Crippen LogP contribution in [-0.4, -0.2) is 70.2 Å². The molecule has 7 N–H and O–H groups in total. The van der Waals surface area contributed by atoms with Crippen LogP contribution in [-0.2, 0) is 41.6 Å². The second-order valence-corrected chi connectivity index (χ2v) is 10.8. The molecule has 236 valence electrons. The molecule has 0 spiro atoms. The highest BCUT2D eigenvalue weighted by Gasteiger charge is 2.39. The van der Waals surface area contributed by atoms with E-state index in [1.165, 1.54) is 12.1 Å². The molecular formula is C30H29B2N3O11. The summed E-state index contributed by atoms with van der Waals surface area (Å²) in [5.74, 6) is -4.55. The number of carbonyl (C=O) groups is 5. The minimum Gasteiger partial charge on any atom is -0.481 e. The predicted molar refractivity (Wildman–Crippen MR) is 162 cm³/mol. The lowest BCUT2D eigenvalue weighted by Gasteiger charge is -2.17. The molecule has 0 bridgehead atoms. The number of carbonyl (C=O) groups excluding carboxylic acids is 3. The zero-order valence-corrected chi connectivity index (χ0v) is 24.2. The normalized spacial score (nSPS) is 17.1. The smallest absolute Gasteiger partial charge is 0.481 e. The van der Waals surface area contributed by atoms with Crippen LogP contribution in [0, 0.1) is 0 Å². The van der Waals surface area contributed by atoms with Gasteiger partial charge >= 0.3 is 26.2 Å². The van der Waals surface area contributed by atoms with Crippen LogP contribution in [0.4, 0.5) is 0 Å². The van der Waals surface area contributed by atoms with Crippen LogP contribution < -0.4 is 26.9 Å². The average Bonchev–Trinajstić information content (AvgIpc) is 3.57. The quantitative estimate of drug-likeness (QED) is 0.119. The van der Waals surface area contributed by atoms with E-state index in [1.807, 2.05) is 0 Å². The maximum atomic E-state index is 13.2. The monoisotopic (exact) mass is 629 g/mol. The van der Waals surface area contributed by atoms with Gasteiger partial charge in [0.15, 0.2) is 0 Å². The lowest BCUT2D eigenvalue weighted by molar-refractivity contribution is -0.140. The Hall–Kier alpha value is -5.02. The third kappa shape index (κ3) is 7.26. The summed E-state index contributed by atoms with van der Waals surface area (Å²) in [5, 5.41) is 46.5. The molecule has 2 aliphatic rings. The molecule has 0 radical (unpaired) electrons. The van der Waals surface area contributed by atoms with Gasteiger partial charge in [0.1, 0.15) is 18.2 Å². The van der Waals surface area contributed by atoms with Crippen molar-refractivity contribution in [1.29, 1.82) is 0 Å². The average molecular weight is 629 g/mol. The number of amides is 3. The molecule has 0 aromatic heterocycles. The molecule has 46 heavy (non-hydrogen) atoms. The van der Waals surface area contributed by atoms with Crippen molar-refractivity contribution in [2.24, 2.45) is 0 Å². The SMILES string of the molecule is O=C(O)CCC(NC(=O)c1cc(CNC(=O)C2OB(O)c3ccccc32)cc(CNC(=O)C2OB(O)c3ccccc32)c1)C(=O)O. The molecule has 16 heteroatoms. The molecule has 3 aromatic carbocycles. The summed E-state index contributed by atoms with van der Waals surface area (Å²) in [6, 6.07) is 16.4. The van der Waals surface area contributed by atoms with Crippen LogP contribution >= 0.6 is 0 Å². The number of benzene rings is 3. The fourth-order valence-electron chi connectivity index (χ4n) is 5.33. The number of fused-ring (bicyclic) bond motifs is 2. The van der Waals surface area contributed by atoms with Crippen molar-refractivity contribution < 1.29 is 53.5 Å². The van der Waals surface area contributed by atoms with Crippen LogP contribution in [0.1, 0.15) is 57.7 Å². The molecule has 0 saturated carbocycles. The number of rotatable bonds is 12. The van der Waals surface area contributed by atoms with Crippen LogP contribution in [0.2, 0.25) is 0 Å². The Morgan fingerprint density at radius 2 is 1.22 bits per heavy atom. The van der Waals surface area contributed by atoms with Gasteiger partial charge in [-0.15, -0.1) is 0 Å². The third-order valence-electron chi connectivity index (χ3n) is 7.59. The maximum Gasteiger partial charge on any atom is 0.492 e. The van der Waals surface area contributed by atoms with E-state index in [1.54, 1.807) is 54.6 Å². The highest BCUT2D eigenvalue weighted by Crippen LogP contribution is 2.25. The zero-order valence-electron chi connectivity index (χ0n) is 24.2. The first-order valence-corrected chi connectivity index (χ1v) is 14.3. The van der Waals surface area contributed by atoms with Crippen molar-refractivity contribution in [1.82, 2.24) is 16.0 Å². The first-order valence-electron chi connectivity index (χ1n) is 14.3. The van der Waals surface area contributed by atoms with E-state index in [-0.39, 0.29) is 25.1 Å².